The lowest BCUT2D eigenvalue weighted by Crippen LogP contribution is -2.40. The number of carbonyl (C=O) groups is 1. The molecule has 1 rings (SSSR count). The van der Waals surface area contributed by atoms with E-state index in [9.17, 15) is 4.79 Å². The van der Waals surface area contributed by atoms with Gasteiger partial charge in [-0.2, -0.15) is 0 Å². The van der Waals surface area contributed by atoms with Gasteiger partial charge in [0.2, 0.25) is 0 Å². The van der Waals surface area contributed by atoms with Crippen molar-refractivity contribution in [3.63, 3.8) is 0 Å². The highest BCUT2D eigenvalue weighted by atomic mass is 28.4. The third kappa shape index (κ3) is 4.38. The molecule has 0 amide bonds. The van der Waals surface area contributed by atoms with Crippen LogP contribution in [0.1, 0.15) is 40.0 Å². The van der Waals surface area contributed by atoms with Gasteiger partial charge in [-0.25, -0.2) is 0 Å². The van der Waals surface area contributed by atoms with Gasteiger partial charge in [-0.15, -0.1) is 0 Å². The molecule has 0 aromatic heterocycles. The van der Waals surface area contributed by atoms with Gasteiger partial charge in [0.05, 0.1) is 6.10 Å². The van der Waals surface area contributed by atoms with E-state index in [1.807, 2.05) is 0 Å². The van der Waals surface area contributed by atoms with Crippen molar-refractivity contribution in [3.8, 4) is 0 Å². The summed E-state index contributed by atoms with van der Waals surface area (Å²) in [6.07, 6.45) is 4.55. The first kappa shape index (κ1) is 13.9. The van der Waals surface area contributed by atoms with Gasteiger partial charge in [-0.1, -0.05) is 27.2 Å². The van der Waals surface area contributed by atoms with E-state index in [1.54, 1.807) is 0 Å². The summed E-state index contributed by atoms with van der Waals surface area (Å²) in [6.45, 7) is 11.3. The van der Waals surface area contributed by atoms with Crippen molar-refractivity contribution in [3.05, 3.63) is 0 Å². The summed E-state index contributed by atoms with van der Waals surface area (Å²) in [6, 6.07) is 1.15. The Kier molecular flexibility index (Phi) is 4.35. The quantitative estimate of drug-likeness (QED) is 0.556. The molecule has 0 aliphatic heterocycles. The molecule has 1 aliphatic carbocycles. The summed E-state index contributed by atoms with van der Waals surface area (Å²) < 4.78 is 6.29. The molecular formula is C13H26O2Si. The van der Waals surface area contributed by atoms with Crippen molar-refractivity contribution in [2.45, 2.75) is 65.3 Å². The molecule has 0 radical (unpaired) electrons. The molecule has 0 bridgehead atoms. The summed E-state index contributed by atoms with van der Waals surface area (Å²) in [5, 5.41) is 0. The molecule has 0 heterocycles. The maximum absolute atomic E-state index is 10.9. The summed E-state index contributed by atoms with van der Waals surface area (Å²) in [7, 11) is -1.62. The second-order valence-electron chi connectivity index (χ2n) is 6.88. The van der Waals surface area contributed by atoms with Gasteiger partial charge in [-0.05, 0) is 37.4 Å². The third-order valence-electron chi connectivity index (χ3n) is 3.10. The first-order valence-electron chi connectivity index (χ1n) is 6.37. The van der Waals surface area contributed by atoms with Crippen molar-refractivity contribution in [1.82, 2.24) is 0 Å². The smallest absolute Gasteiger partial charge is 0.187 e. The first-order valence-corrected chi connectivity index (χ1v) is 9.48. The highest BCUT2D eigenvalue weighted by Crippen LogP contribution is 2.34. The van der Waals surface area contributed by atoms with Crippen molar-refractivity contribution in [2.75, 3.05) is 0 Å². The molecule has 94 valence electrons. The zero-order valence-corrected chi connectivity index (χ0v) is 12.4. The predicted molar refractivity (Wildman–Crippen MR) is 70.0 cm³/mol. The van der Waals surface area contributed by atoms with Gasteiger partial charge in [-0.3, -0.25) is 0 Å². The molecule has 0 aromatic rings. The summed E-state index contributed by atoms with van der Waals surface area (Å²) >= 11 is 0. The number of rotatable bonds is 4. The lowest BCUT2D eigenvalue weighted by Gasteiger charge is -2.34. The van der Waals surface area contributed by atoms with Crippen LogP contribution in [0, 0.1) is 11.3 Å². The number of carbonyl (C=O) groups excluding carboxylic acids is 1. The normalized spacial score (nSPS) is 27.1. The zero-order valence-electron chi connectivity index (χ0n) is 11.4. The predicted octanol–water partition coefficient (Wildman–Crippen LogP) is 3.62. The topological polar surface area (TPSA) is 26.3 Å². The van der Waals surface area contributed by atoms with Crippen LogP contribution in [0.15, 0.2) is 0 Å². The fraction of sp³-hybridized carbons (Fsp3) is 0.923. The Hall–Kier alpha value is -0.153. The molecule has 1 fully saturated rings. The molecule has 3 heteroatoms. The van der Waals surface area contributed by atoms with Crippen LogP contribution in [0.2, 0.25) is 19.1 Å². The van der Waals surface area contributed by atoms with E-state index in [1.165, 1.54) is 0 Å². The molecule has 0 aromatic carbocycles. The number of aldehydes is 1. The first-order chi connectivity index (χ1) is 7.23. The highest BCUT2D eigenvalue weighted by Gasteiger charge is 2.36. The van der Waals surface area contributed by atoms with Crippen molar-refractivity contribution < 1.29 is 9.22 Å². The molecule has 2 nitrogen and oxygen atoms in total. The SMILES string of the molecule is CC(C)(C)C[Si](C)(C)O[C@H]1CCC[C@H]1C=O. The van der Waals surface area contributed by atoms with E-state index in [0.29, 0.717) is 5.41 Å². The average molecular weight is 242 g/mol. The van der Waals surface area contributed by atoms with E-state index in [2.05, 4.69) is 33.9 Å². The van der Waals surface area contributed by atoms with Gasteiger partial charge in [0.25, 0.3) is 0 Å². The third-order valence-corrected chi connectivity index (χ3v) is 5.96. The fourth-order valence-electron chi connectivity index (χ4n) is 2.99. The Labute approximate surface area is 101 Å². The van der Waals surface area contributed by atoms with E-state index in [4.69, 9.17) is 4.43 Å². The van der Waals surface area contributed by atoms with E-state index in [0.717, 1.165) is 31.6 Å². The Morgan fingerprint density at radius 3 is 2.44 bits per heavy atom. The largest absolute Gasteiger partial charge is 0.414 e. The van der Waals surface area contributed by atoms with Gasteiger partial charge >= 0.3 is 0 Å². The van der Waals surface area contributed by atoms with Gasteiger partial charge < -0.3 is 9.22 Å². The summed E-state index contributed by atoms with van der Waals surface area (Å²) in [4.78, 5) is 10.9. The van der Waals surface area contributed by atoms with Gasteiger partial charge in [0.1, 0.15) is 6.29 Å². The minimum absolute atomic E-state index is 0.159. The monoisotopic (exact) mass is 242 g/mol. The average Bonchev–Trinajstić information content (AvgIpc) is 2.45. The van der Waals surface area contributed by atoms with Crippen molar-refractivity contribution in [2.24, 2.45) is 11.3 Å². The van der Waals surface area contributed by atoms with Crippen LogP contribution in [-0.4, -0.2) is 20.7 Å². The van der Waals surface area contributed by atoms with E-state index < -0.39 is 8.32 Å². The fourth-order valence-corrected chi connectivity index (χ4v) is 6.74. The molecule has 2 atom stereocenters. The maximum Gasteiger partial charge on any atom is 0.187 e. The molecule has 0 N–H and O–H groups in total. The van der Waals surface area contributed by atoms with Crippen LogP contribution in [-0.2, 0) is 9.22 Å². The molecule has 1 saturated carbocycles. The van der Waals surface area contributed by atoms with Gasteiger partial charge in [0, 0.05) is 5.92 Å². The lowest BCUT2D eigenvalue weighted by molar-refractivity contribution is -0.112. The molecular weight excluding hydrogens is 216 g/mol. The maximum atomic E-state index is 10.9. The second-order valence-corrected chi connectivity index (χ2v) is 11.0. The Bertz CT molecular complexity index is 243. The van der Waals surface area contributed by atoms with Crippen molar-refractivity contribution >= 4 is 14.6 Å². The molecule has 1 aliphatic rings. The van der Waals surface area contributed by atoms with Crippen LogP contribution in [0.3, 0.4) is 0 Å². The molecule has 0 saturated heterocycles. The zero-order chi connectivity index (χ0) is 12.4. The standard InChI is InChI=1S/C13H26O2Si/c1-13(2,3)10-16(4,5)15-12-8-6-7-11(12)9-14/h9,11-12H,6-8,10H2,1-5H3/t11-,12-/m0/s1. The van der Waals surface area contributed by atoms with Crippen LogP contribution in [0.5, 0.6) is 0 Å². The molecule has 16 heavy (non-hydrogen) atoms. The molecule has 0 unspecified atom stereocenters. The van der Waals surface area contributed by atoms with Gasteiger partial charge in [0.15, 0.2) is 8.32 Å². The minimum Gasteiger partial charge on any atom is -0.414 e. The summed E-state index contributed by atoms with van der Waals surface area (Å²) in [5.74, 6) is 0.159. The number of hydrogen-bond donors (Lipinski definition) is 0. The molecule has 0 spiro atoms. The van der Waals surface area contributed by atoms with E-state index in [-0.39, 0.29) is 12.0 Å². The van der Waals surface area contributed by atoms with Crippen LogP contribution in [0.4, 0.5) is 0 Å². The minimum atomic E-state index is -1.62. The second kappa shape index (κ2) is 5.01. The summed E-state index contributed by atoms with van der Waals surface area (Å²) in [5.41, 5.74) is 0.324. The Morgan fingerprint density at radius 1 is 1.31 bits per heavy atom. The Balaban J connectivity index is 2.54. The van der Waals surface area contributed by atoms with Crippen molar-refractivity contribution in [1.29, 1.82) is 0 Å². The van der Waals surface area contributed by atoms with Crippen LogP contribution >= 0.6 is 0 Å². The van der Waals surface area contributed by atoms with Crippen LogP contribution in [0.25, 0.3) is 0 Å². The lowest BCUT2D eigenvalue weighted by atomic mass is 10.0. The number of hydrogen-bond acceptors (Lipinski definition) is 2. The highest BCUT2D eigenvalue weighted by molar-refractivity contribution is 6.71. The Morgan fingerprint density at radius 2 is 1.94 bits per heavy atom. The van der Waals surface area contributed by atoms with E-state index >= 15 is 0 Å². The van der Waals surface area contributed by atoms with Crippen LogP contribution < -0.4 is 0 Å².